The molecule has 0 atom stereocenters. The van der Waals surface area contributed by atoms with Crippen molar-refractivity contribution < 1.29 is 9.59 Å². The lowest BCUT2D eigenvalue weighted by Crippen LogP contribution is -2.12. The van der Waals surface area contributed by atoms with Gasteiger partial charge >= 0.3 is 0 Å². The predicted molar refractivity (Wildman–Crippen MR) is 71.0 cm³/mol. The molecule has 0 bridgehead atoms. The third kappa shape index (κ3) is 2.30. The van der Waals surface area contributed by atoms with E-state index in [4.69, 9.17) is 0 Å². The van der Waals surface area contributed by atoms with Gasteiger partial charge < -0.3 is 10.6 Å². The van der Waals surface area contributed by atoms with E-state index in [9.17, 15) is 9.59 Å². The highest BCUT2D eigenvalue weighted by Gasteiger charge is 2.19. The molecule has 0 unspecified atom stereocenters. The normalized spacial score (nSPS) is 12.7. The number of anilines is 2. The number of aromatic nitrogens is 1. The van der Waals surface area contributed by atoms with Gasteiger partial charge in [0, 0.05) is 29.3 Å². The minimum Gasteiger partial charge on any atom is -0.326 e. The number of hydrogen-bond donors (Lipinski definition) is 2. The average Bonchev–Trinajstić information content (AvgIpc) is 2.78. The van der Waals surface area contributed by atoms with E-state index in [0.29, 0.717) is 23.4 Å². The summed E-state index contributed by atoms with van der Waals surface area (Å²) in [7, 11) is 0. The first-order chi connectivity index (χ1) is 9.22. The molecule has 5 nitrogen and oxygen atoms in total. The highest BCUT2D eigenvalue weighted by atomic mass is 16.2. The van der Waals surface area contributed by atoms with Crippen LogP contribution in [0.15, 0.2) is 42.7 Å². The van der Waals surface area contributed by atoms with Crippen molar-refractivity contribution in [3.8, 4) is 0 Å². The zero-order chi connectivity index (χ0) is 13.2. The monoisotopic (exact) mass is 253 g/mol. The molecule has 19 heavy (non-hydrogen) atoms. The Morgan fingerprint density at radius 1 is 1.21 bits per heavy atom. The number of carbonyl (C=O) groups is 2. The Kier molecular flexibility index (Phi) is 2.72. The zero-order valence-corrected chi connectivity index (χ0v) is 10.0. The molecule has 1 aromatic heterocycles. The summed E-state index contributed by atoms with van der Waals surface area (Å²) < 4.78 is 0. The minimum absolute atomic E-state index is 0.0401. The van der Waals surface area contributed by atoms with Gasteiger partial charge in [0.1, 0.15) is 0 Å². The Hall–Kier alpha value is -2.69. The van der Waals surface area contributed by atoms with Crippen molar-refractivity contribution in [1.29, 1.82) is 0 Å². The highest BCUT2D eigenvalue weighted by molar-refractivity contribution is 6.07. The van der Waals surface area contributed by atoms with E-state index < -0.39 is 0 Å². The number of carbonyl (C=O) groups excluding carboxylic acids is 2. The Morgan fingerprint density at radius 3 is 2.79 bits per heavy atom. The van der Waals surface area contributed by atoms with Crippen molar-refractivity contribution in [3.05, 3.63) is 53.9 Å². The summed E-state index contributed by atoms with van der Waals surface area (Å²) >= 11 is 0. The van der Waals surface area contributed by atoms with Crippen molar-refractivity contribution in [1.82, 2.24) is 4.98 Å². The summed E-state index contributed by atoms with van der Waals surface area (Å²) in [5.74, 6) is -0.253. The highest BCUT2D eigenvalue weighted by Crippen LogP contribution is 2.24. The first-order valence-electron chi connectivity index (χ1n) is 5.86. The maximum atomic E-state index is 12.1. The van der Waals surface area contributed by atoms with Crippen LogP contribution in [0.3, 0.4) is 0 Å². The van der Waals surface area contributed by atoms with Crippen LogP contribution in [-0.2, 0) is 11.2 Å². The summed E-state index contributed by atoms with van der Waals surface area (Å²) in [6.45, 7) is 0. The number of benzene rings is 1. The van der Waals surface area contributed by atoms with Crippen LogP contribution in [0.25, 0.3) is 0 Å². The van der Waals surface area contributed by atoms with Gasteiger partial charge in [-0.25, -0.2) is 0 Å². The Morgan fingerprint density at radius 2 is 2.00 bits per heavy atom. The molecule has 0 aliphatic carbocycles. The SMILES string of the molecule is O=C1Cc2ccc(C(=O)Nc3ccncc3)cc2N1. The second kappa shape index (κ2) is 4.53. The van der Waals surface area contributed by atoms with Crippen LogP contribution in [0, 0.1) is 0 Å². The minimum atomic E-state index is -0.213. The lowest BCUT2D eigenvalue weighted by molar-refractivity contribution is -0.115. The van der Waals surface area contributed by atoms with Gasteiger partial charge in [0.2, 0.25) is 5.91 Å². The second-order valence-corrected chi connectivity index (χ2v) is 4.29. The van der Waals surface area contributed by atoms with Crippen molar-refractivity contribution in [2.45, 2.75) is 6.42 Å². The lowest BCUT2D eigenvalue weighted by Gasteiger charge is -2.06. The molecule has 0 saturated carbocycles. The number of pyridine rings is 1. The molecule has 1 aliphatic rings. The fraction of sp³-hybridized carbons (Fsp3) is 0.0714. The van der Waals surface area contributed by atoms with E-state index in [1.807, 2.05) is 0 Å². The smallest absolute Gasteiger partial charge is 0.255 e. The molecule has 0 fully saturated rings. The third-order valence-electron chi connectivity index (χ3n) is 2.94. The van der Waals surface area contributed by atoms with Crippen molar-refractivity contribution in [3.63, 3.8) is 0 Å². The van der Waals surface area contributed by atoms with Gasteiger partial charge in [-0.3, -0.25) is 14.6 Å². The van der Waals surface area contributed by atoms with E-state index >= 15 is 0 Å². The van der Waals surface area contributed by atoms with E-state index in [2.05, 4.69) is 15.6 Å². The molecule has 0 saturated heterocycles. The number of nitrogens with zero attached hydrogens (tertiary/aromatic N) is 1. The zero-order valence-electron chi connectivity index (χ0n) is 10.0. The first kappa shape index (κ1) is 11.4. The molecule has 0 spiro atoms. The Labute approximate surface area is 109 Å². The summed E-state index contributed by atoms with van der Waals surface area (Å²) in [6, 6.07) is 8.64. The molecule has 2 N–H and O–H groups in total. The van der Waals surface area contributed by atoms with Gasteiger partial charge in [0.15, 0.2) is 0 Å². The largest absolute Gasteiger partial charge is 0.326 e. The van der Waals surface area contributed by atoms with Gasteiger partial charge in [0.05, 0.1) is 6.42 Å². The van der Waals surface area contributed by atoms with Crippen LogP contribution >= 0.6 is 0 Å². The van der Waals surface area contributed by atoms with Gasteiger partial charge in [-0.05, 0) is 29.8 Å². The molecule has 2 amide bonds. The van der Waals surface area contributed by atoms with E-state index in [0.717, 1.165) is 5.56 Å². The molecular weight excluding hydrogens is 242 g/mol. The number of hydrogen-bond acceptors (Lipinski definition) is 3. The van der Waals surface area contributed by atoms with Gasteiger partial charge in [-0.1, -0.05) is 6.07 Å². The van der Waals surface area contributed by atoms with Crippen molar-refractivity contribution in [2.24, 2.45) is 0 Å². The van der Waals surface area contributed by atoms with Crippen LogP contribution < -0.4 is 10.6 Å². The van der Waals surface area contributed by atoms with Gasteiger partial charge in [-0.2, -0.15) is 0 Å². The van der Waals surface area contributed by atoms with Gasteiger partial charge in [0.25, 0.3) is 5.91 Å². The number of rotatable bonds is 2. The average molecular weight is 253 g/mol. The fourth-order valence-corrected chi connectivity index (χ4v) is 1.99. The maximum absolute atomic E-state index is 12.1. The summed E-state index contributed by atoms with van der Waals surface area (Å²) in [4.78, 5) is 27.2. The number of nitrogens with one attached hydrogen (secondary N) is 2. The summed E-state index contributed by atoms with van der Waals surface area (Å²) in [5, 5.41) is 5.50. The Balaban J connectivity index is 1.82. The first-order valence-corrected chi connectivity index (χ1v) is 5.86. The molecule has 1 aliphatic heterocycles. The predicted octanol–water partition coefficient (Wildman–Crippen LogP) is 1.83. The number of fused-ring (bicyclic) bond motifs is 1. The summed E-state index contributed by atoms with van der Waals surface area (Å²) in [5.41, 5.74) is 2.83. The molecule has 94 valence electrons. The third-order valence-corrected chi connectivity index (χ3v) is 2.94. The van der Waals surface area contributed by atoms with E-state index in [-0.39, 0.29) is 11.8 Å². The topological polar surface area (TPSA) is 71.1 Å². The van der Waals surface area contributed by atoms with Crippen molar-refractivity contribution >= 4 is 23.2 Å². The lowest BCUT2D eigenvalue weighted by atomic mass is 10.1. The quantitative estimate of drug-likeness (QED) is 0.857. The molecule has 0 radical (unpaired) electrons. The van der Waals surface area contributed by atoms with Crippen LogP contribution in [0.1, 0.15) is 15.9 Å². The van der Waals surface area contributed by atoms with Crippen LogP contribution in [0.4, 0.5) is 11.4 Å². The maximum Gasteiger partial charge on any atom is 0.255 e. The summed E-state index contributed by atoms with van der Waals surface area (Å²) in [6.07, 6.45) is 3.60. The standard InChI is InChI=1S/C14H11N3O2/c18-13-8-9-1-2-10(7-12(9)17-13)14(19)16-11-3-5-15-6-4-11/h1-7H,8H2,(H,17,18)(H,15,16,19). The molecule has 2 aromatic rings. The molecule has 1 aromatic carbocycles. The molecule has 5 heteroatoms. The van der Waals surface area contributed by atoms with E-state index in [1.165, 1.54) is 0 Å². The van der Waals surface area contributed by atoms with Crippen LogP contribution in [0.5, 0.6) is 0 Å². The van der Waals surface area contributed by atoms with E-state index in [1.54, 1.807) is 42.7 Å². The van der Waals surface area contributed by atoms with Crippen molar-refractivity contribution in [2.75, 3.05) is 10.6 Å². The number of amides is 2. The molecular formula is C14H11N3O2. The Bertz CT molecular complexity index is 653. The van der Waals surface area contributed by atoms with Crippen LogP contribution in [-0.4, -0.2) is 16.8 Å². The molecule has 3 rings (SSSR count). The fourth-order valence-electron chi connectivity index (χ4n) is 1.99. The van der Waals surface area contributed by atoms with Crippen LogP contribution in [0.2, 0.25) is 0 Å². The molecule has 2 heterocycles. The van der Waals surface area contributed by atoms with Gasteiger partial charge in [-0.15, -0.1) is 0 Å². The second-order valence-electron chi connectivity index (χ2n) is 4.29.